The Morgan fingerprint density at radius 2 is 1.47 bits per heavy atom. The van der Waals surface area contributed by atoms with Crippen LogP contribution in [0.15, 0.2) is 59.7 Å². The summed E-state index contributed by atoms with van der Waals surface area (Å²) in [4.78, 5) is 24.6. The number of phenolic OH excluding ortho intramolecular Hbond substituents is 3. The molecule has 0 aliphatic rings. The van der Waals surface area contributed by atoms with Crippen molar-refractivity contribution in [2.24, 2.45) is 5.10 Å². The summed E-state index contributed by atoms with van der Waals surface area (Å²) < 4.78 is 0. The van der Waals surface area contributed by atoms with Crippen molar-refractivity contribution in [3.05, 3.63) is 81.3 Å². The van der Waals surface area contributed by atoms with Crippen LogP contribution in [0.3, 0.4) is 0 Å². The summed E-state index contributed by atoms with van der Waals surface area (Å²) in [5, 5.41) is 35.7. The summed E-state index contributed by atoms with van der Waals surface area (Å²) in [7, 11) is 0. The van der Waals surface area contributed by atoms with Crippen molar-refractivity contribution < 1.29 is 24.9 Å². The summed E-state index contributed by atoms with van der Waals surface area (Å²) in [6, 6.07) is 13.3. The molecule has 0 saturated heterocycles. The number of carbonyl (C=O) groups excluding carboxylic acids is 2. The third kappa shape index (κ3) is 5.29. The average Bonchev–Trinajstić information content (AvgIpc) is 2.75. The predicted octanol–water partition coefficient (Wildman–Crippen LogP) is 4.52. The Morgan fingerprint density at radius 3 is 2.06 bits per heavy atom. The molecule has 32 heavy (non-hydrogen) atoms. The van der Waals surface area contributed by atoms with E-state index in [1.807, 2.05) is 0 Å². The van der Waals surface area contributed by atoms with Gasteiger partial charge in [0.2, 0.25) is 0 Å². The highest BCUT2D eigenvalue weighted by molar-refractivity contribution is 6.37. The number of amides is 2. The molecule has 0 saturated carbocycles. The number of halogens is 2. The van der Waals surface area contributed by atoms with Crippen molar-refractivity contribution in [2.45, 2.75) is 6.92 Å². The van der Waals surface area contributed by atoms with E-state index in [2.05, 4.69) is 15.8 Å². The molecular weight excluding hydrogens is 457 g/mol. The summed E-state index contributed by atoms with van der Waals surface area (Å²) in [6.07, 6.45) is 0. The van der Waals surface area contributed by atoms with Crippen LogP contribution in [0.4, 0.5) is 5.69 Å². The summed E-state index contributed by atoms with van der Waals surface area (Å²) >= 11 is 11.9. The Hall–Kier alpha value is -3.75. The molecule has 10 heteroatoms. The van der Waals surface area contributed by atoms with E-state index in [9.17, 15) is 24.9 Å². The van der Waals surface area contributed by atoms with Gasteiger partial charge in [-0.25, -0.2) is 5.43 Å². The van der Waals surface area contributed by atoms with Gasteiger partial charge in [-0.1, -0.05) is 35.3 Å². The van der Waals surface area contributed by atoms with Crippen molar-refractivity contribution in [3.63, 3.8) is 0 Å². The molecule has 0 unspecified atom stereocenters. The van der Waals surface area contributed by atoms with Crippen LogP contribution < -0.4 is 10.7 Å². The van der Waals surface area contributed by atoms with Crippen molar-refractivity contribution in [1.82, 2.24) is 5.43 Å². The summed E-state index contributed by atoms with van der Waals surface area (Å²) in [5.41, 5.74) is 4.15. The first-order valence-corrected chi connectivity index (χ1v) is 9.87. The van der Waals surface area contributed by atoms with E-state index in [1.165, 1.54) is 12.1 Å². The minimum Gasteiger partial charge on any atom is -0.504 e. The van der Waals surface area contributed by atoms with Gasteiger partial charge in [0.25, 0.3) is 11.8 Å². The molecule has 3 rings (SSSR count). The smallest absolute Gasteiger partial charge is 0.271 e. The Labute approximate surface area is 192 Å². The maximum Gasteiger partial charge on any atom is 0.271 e. The lowest BCUT2D eigenvalue weighted by molar-refractivity contribution is 0.0953. The third-order valence-electron chi connectivity index (χ3n) is 4.39. The fourth-order valence-corrected chi connectivity index (χ4v) is 3.16. The third-order valence-corrected chi connectivity index (χ3v) is 4.94. The van der Waals surface area contributed by atoms with E-state index < -0.39 is 29.1 Å². The first-order chi connectivity index (χ1) is 15.2. The van der Waals surface area contributed by atoms with E-state index in [-0.39, 0.29) is 16.1 Å². The largest absolute Gasteiger partial charge is 0.504 e. The fraction of sp³-hybridized carbons (Fsp3) is 0.0455. The molecule has 0 spiro atoms. The number of nitrogens with zero attached hydrogens (tertiary/aromatic N) is 1. The van der Waals surface area contributed by atoms with Crippen LogP contribution in [0, 0.1) is 0 Å². The number of hydrazone groups is 1. The lowest BCUT2D eigenvalue weighted by atomic mass is 10.1. The Balaban J connectivity index is 1.66. The lowest BCUT2D eigenvalue weighted by Crippen LogP contribution is -2.19. The average molecular weight is 474 g/mol. The van der Waals surface area contributed by atoms with E-state index in [0.29, 0.717) is 22.0 Å². The van der Waals surface area contributed by atoms with E-state index >= 15 is 0 Å². The number of aromatic hydroxyl groups is 3. The van der Waals surface area contributed by atoms with E-state index in [4.69, 9.17) is 23.2 Å². The van der Waals surface area contributed by atoms with Crippen LogP contribution in [0.5, 0.6) is 17.2 Å². The van der Waals surface area contributed by atoms with Gasteiger partial charge in [0.05, 0.1) is 16.3 Å². The molecule has 0 bridgehead atoms. The molecule has 0 aromatic heterocycles. The molecule has 5 N–H and O–H groups in total. The molecule has 2 amide bonds. The number of carbonyl (C=O) groups is 2. The van der Waals surface area contributed by atoms with Crippen molar-refractivity contribution in [3.8, 4) is 17.2 Å². The Kier molecular flexibility index (Phi) is 6.87. The van der Waals surface area contributed by atoms with Gasteiger partial charge in [-0.05, 0) is 55.0 Å². The van der Waals surface area contributed by atoms with Gasteiger partial charge in [0.1, 0.15) is 0 Å². The highest BCUT2D eigenvalue weighted by Crippen LogP contribution is 2.35. The number of rotatable bonds is 5. The lowest BCUT2D eigenvalue weighted by Gasteiger charge is -2.08. The Bertz CT molecular complexity index is 1200. The number of anilines is 1. The molecule has 0 heterocycles. The minimum absolute atomic E-state index is 0.0896. The summed E-state index contributed by atoms with van der Waals surface area (Å²) in [6.45, 7) is 1.66. The highest BCUT2D eigenvalue weighted by atomic mass is 35.5. The fourth-order valence-electron chi connectivity index (χ4n) is 2.67. The first-order valence-electron chi connectivity index (χ1n) is 9.12. The standard InChI is InChI=1S/C22H17Cl2N3O5/c1-11(26-27-21(31)13-8-18(28)20(30)19(29)9-13)12-2-5-15(6-3-12)25-22(32)16-7-4-14(23)10-17(16)24/h2-10,28-30H,1H3,(H,25,32)(H,27,31). The monoisotopic (exact) mass is 473 g/mol. The van der Waals surface area contributed by atoms with Gasteiger partial charge in [0, 0.05) is 16.3 Å². The van der Waals surface area contributed by atoms with Gasteiger partial charge in [-0.2, -0.15) is 5.10 Å². The maximum absolute atomic E-state index is 12.4. The van der Waals surface area contributed by atoms with Gasteiger partial charge in [-0.15, -0.1) is 0 Å². The van der Waals surface area contributed by atoms with Crippen LogP contribution in [-0.2, 0) is 0 Å². The van der Waals surface area contributed by atoms with Crippen LogP contribution in [0.2, 0.25) is 10.0 Å². The zero-order valence-corrected chi connectivity index (χ0v) is 18.1. The van der Waals surface area contributed by atoms with Gasteiger partial charge < -0.3 is 20.6 Å². The van der Waals surface area contributed by atoms with Crippen molar-refractivity contribution >= 4 is 46.4 Å². The maximum atomic E-state index is 12.4. The molecule has 0 aliphatic heterocycles. The van der Waals surface area contributed by atoms with Gasteiger partial charge in [0.15, 0.2) is 17.2 Å². The number of hydrogen-bond acceptors (Lipinski definition) is 6. The van der Waals surface area contributed by atoms with Crippen LogP contribution in [0.25, 0.3) is 0 Å². The van der Waals surface area contributed by atoms with Gasteiger partial charge in [-0.3, -0.25) is 9.59 Å². The molecule has 3 aromatic carbocycles. The van der Waals surface area contributed by atoms with E-state index in [0.717, 1.165) is 12.1 Å². The van der Waals surface area contributed by atoms with E-state index in [1.54, 1.807) is 37.3 Å². The zero-order chi connectivity index (χ0) is 23.4. The predicted molar refractivity (Wildman–Crippen MR) is 122 cm³/mol. The number of nitrogens with one attached hydrogen (secondary N) is 2. The summed E-state index contributed by atoms with van der Waals surface area (Å²) in [5.74, 6) is -3.07. The Morgan fingerprint density at radius 1 is 0.844 bits per heavy atom. The first kappa shape index (κ1) is 22.9. The number of hydrogen-bond donors (Lipinski definition) is 5. The SMILES string of the molecule is CC(=NNC(=O)c1cc(O)c(O)c(O)c1)c1ccc(NC(=O)c2ccc(Cl)cc2Cl)cc1. The van der Waals surface area contributed by atoms with Crippen LogP contribution >= 0.6 is 23.2 Å². The highest BCUT2D eigenvalue weighted by Gasteiger charge is 2.14. The molecule has 3 aromatic rings. The van der Waals surface area contributed by atoms with Gasteiger partial charge >= 0.3 is 0 Å². The number of phenols is 3. The normalized spacial score (nSPS) is 11.2. The molecule has 164 valence electrons. The quantitative estimate of drug-likeness (QED) is 0.211. The number of benzene rings is 3. The van der Waals surface area contributed by atoms with Crippen LogP contribution in [-0.4, -0.2) is 32.8 Å². The van der Waals surface area contributed by atoms with Crippen molar-refractivity contribution in [2.75, 3.05) is 5.32 Å². The molecule has 8 nitrogen and oxygen atoms in total. The molecule has 0 atom stereocenters. The second kappa shape index (κ2) is 9.59. The minimum atomic E-state index is -0.716. The molecular formula is C22H17Cl2N3O5. The second-order valence-electron chi connectivity index (χ2n) is 6.66. The topological polar surface area (TPSA) is 131 Å². The molecule has 0 aliphatic carbocycles. The zero-order valence-electron chi connectivity index (χ0n) is 16.6. The second-order valence-corrected chi connectivity index (χ2v) is 7.50. The van der Waals surface area contributed by atoms with Crippen molar-refractivity contribution in [1.29, 1.82) is 0 Å². The van der Waals surface area contributed by atoms with Crippen LogP contribution in [0.1, 0.15) is 33.2 Å². The molecule has 0 radical (unpaired) electrons. The molecule has 0 fully saturated rings.